The highest BCUT2D eigenvalue weighted by Crippen LogP contribution is 2.33. The second-order valence-corrected chi connectivity index (χ2v) is 6.60. The molecule has 0 aliphatic rings. The van der Waals surface area contributed by atoms with Gasteiger partial charge in [0.05, 0.1) is 13.2 Å². The SMILES string of the molecule is CCOc1cccc(CNn2c(C)n[nH]c2=S)c1OCc1ccccc1Cl. The van der Waals surface area contributed by atoms with E-state index < -0.39 is 0 Å². The number of ether oxygens (including phenoxy) is 2. The lowest BCUT2D eigenvalue weighted by molar-refractivity contribution is 0.267. The van der Waals surface area contributed by atoms with E-state index in [-0.39, 0.29) is 0 Å². The molecule has 0 radical (unpaired) electrons. The number of halogens is 1. The Morgan fingerprint density at radius 3 is 2.63 bits per heavy atom. The van der Waals surface area contributed by atoms with Crippen molar-refractivity contribution in [1.29, 1.82) is 0 Å². The molecule has 0 saturated carbocycles. The average Bonchev–Trinajstić information content (AvgIpc) is 2.98. The number of hydrogen-bond acceptors (Lipinski definition) is 5. The van der Waals surface area contributed by atoms with Gasteiger partial charge in [-0.1, -0.05) is 41.9 Å². The summed E-state index contributed by atoms with van der Waals surface area (Å²) in [6.07, 6.45) is 0. The molecule has 3 aromatic rings. The van der Waals surface area contributed by atoms with Gasteiger partial charge in [-0.25, -0.2) is 4.68 Å². The minimum Gasteiger partial charge on any atom is -0.490 e. The van der Waals surface area contributed by atoms with Crippen molar-refractivity contribution in [1.82, 2.24) is 14.9 Å². The zero-order valence-electron chi connectivity index (χ0n) is 15.2. The Morgan fingerprint density at radius 1 is 1.15 bits per heavy atom. The summed E-state index contributed by atoms with van der Waals surface area (Å²) in [4.78, 5) is 0. The van der Waals surface area contributed by atoms with Crippen molar-refractivity contribution in [2.45, 2.75) is 27.0 Å². The summed E-state index contributed by atoms with van der Waals surface area (Å²) in [5.41, 5.74) is 5.11. The first-order valence-electron chi connectivity index (χ1n) is 8.59. The number of aromatic nitrogens is 3. The highest BCUT2D eigenvalue weighted by atomic mass is 35.5. The summed E-state index contributed by atoms with van der Waals surface area (Å²) in [5, 5.41) is 7.52. The molecule has 0 amide bonds. The van der Waals surface area contributed by atoms with Crippen molar-refractivity contribution in [3.63, 3.8) is 0 Å². The summed E-state index contributed by atoms with van der Waals surface area (Å²) in [6.45, 7) is 5.20. The van der Waals surface area contributed by atoms with E-state index in [0.717, 1.165) is 17.0 Å². The number of nitrogens with one attached hydrogen (secondary N) is 2. The Labute approximate surface area is 168 Å². The van der Waals surface area contributed by atoms with E-state index in [4.69, 9.17) is 33.3 Å². The summed E-state index contributed by atoms with van der Waals surface area (Å²) < 4.78 is 14.1. The maximum Gasteiger partial charge on any atom is 0.214 e. The standard InChI is InChI=1S/C19H21ClN4O2S/c1-3-25-17-10-6-8-14(11-21-24-13(2)22-23-19(24)27)18(17)26-12-15-7-4-5-9-16(15)20/h4-10,21H,3,11-12H2,1-2H3,(H,23,27). The van der Waals surface area contributed by atoms with Crippen molar-refractivity contribution in [2.24, 2.45) is 0 Å². The molecule has 0 unspecified atom stereocenters. The van der Waals surface area contributed by atoms with Crippen LogP contribution in [-0.4, -0.2) is 21.5 Å². The normalized spacial score (nSPS) is 10.6. The first-order valence-corrected chi connectivity index (χ1v) is 9.37. The molecule has 0 aliphatic carbocycles. The number of benzene rings is 2. The second kappa shape index (κ2) is 8.92. The molecule has 1 heterocycles. The van der Waals surface area contributed by atoms with Gasteiger partial charge in [-0.3, -0.25) is 5.10 Å². The quantitative estimate of drug-likeness (QED) is 0.536. The van der Waals surface area contributed by atoms with E-state index in [0.29, 0.717) is 41.1 Å². The smallest absolute Gasteiger partial charge is 0.214 e. The zero-order valence-corrected chi connectivity index (χ0v) is 16.7. The first-order chi connectivity index (χ1) is 13.1. The van der Waals surface area contributed by atoms with Crippen molar-refractivity contribution in [3.05, 3.63) is 69.2 Å². The van der Waals surface area contributed by atoms with Crippen LogP contribution >= 0.6 is 23.8 Å². The fraction of sp³-hybridized carbons (Fsp3) is 0.263. The molecular formula is C19H21ClN4O2S. The molecule has 142 valence electrons. The van der Waals surface area contributed by atoms with Crippen LogP contribution in [0.4, 0.5) is 0 Å². The molecule has 2 aromatic carbocycles. The van der Waals surface area contributed by atoms with Gasteiger partial charge >= 0.3 is 0 Å². The van der Waals surface area contributed by atoms with Gasteiger partial charge in [0.1, 0.15) is 12.4 Å². The van der Waals surface area contributed by atoms with Gasteiger partial charge in [-0.2, -0.15) is 5.10 Å². The predicted octanol–water partition coefficient (Wildman–Crippen LogP) is 4.62. The molecule has 0 spiro atoms. The fourth-order valence-electron chi connectivity index (χ4n) is 2.62. The second-order valence-electron chi connectivity index (χ2n) is 5.80. The minimum absolute atomic E-state index is 0.348. The van der Waals surface area contributed by atoms with E-state index in [1.807, 2.05) is 56.3 Å². The molecule has 2 N–H and O–H groups in total. The Morgan fingerprint density at radius 2 is 1.93 bits per heavy atom. The lowest BCUT2D eigenvalue weighted by atomic mass is 10.2. The van der Waals surface area contributed by atoms with Gasteiger partial charge in [0.25, 0.3) is 0 Å². The van der Waals surface area contributed by atoms with Crippen LogP contribution in [0.25, 0.3) is 0 Å². The number of rotatable bonds is 8. The van der Waals surface area contributed by atoms with Gasteiger partial charge in [0.15, 0.2) is 11.5 Å². The number of aromatic amines is 1. The van der Waals surface area contributed by atoms with Crippen molar-refractivity contribution < 1.29 is 9.47 Å². The topological polar surface area (TPSA) is 64.1 Å². The molecule has 3 rings (SSSR count). The van der Waals surface area contributed by atoms with Crippen LogP contribution in [0.1, 0.15) is 23.9 Å². The number of H-pyrrole nitrogens is 1. The van der Waals surface area contributed by atoms with E-state index >= 15 is 0 Å². The molecule has 0 fully saturated rings. The maximum absolute atomic E-state index is 6.25. The third-order valence-electron chi connectivity index (χ3n) is 3.96. The molecule has 0 bridgehead atoms. The Kier molecular flexibility index (Phi) is 6.36. The van der Waals surface area contributed by atoms with Crippen LogP contribution in [0, 0.1) is 11.7 Å². The largest absolute Gasteiger partial charge is 0.490 e. The van der Waals surface area contributed by atoms with Crippen LogP contribution in [-0.2, 0) is 13.2 Å². The van der Waals surface area contributed by atoms with Crippen molar-refractivity contribution >= 4 is 23.8 Å². The van der Waals surface area contributed by atoms with Gasteiger partial charge in [0, 0.05) is 16.1 Å². The molecule has 0 atom stereocenters. The third kappa shape index (κ3) is 4.61. The van der Waals surface area contributed by atoms with Crippen LogP contribution in [0.5, 0.6) is 11.5 Å². The van der Waals surface area contributed by atoms with Gasteiger partial charge < -0.3 is 14.9 Å². The van der Waals surface area contributed by atoms with E-state index in [1.165, 1.54) is 0 Å². The van der Waals surface area contributed by atoms with E-state index in [2.05, 4.69) is 15.6 Å². The number of aryl methyl sites for hydroxylation is 1. The maximum atomic E-state index is 6.25. The molecular weight excluding hydrogens is 384 g/mol. The first kappa shape index (κ1) is 19.3. The lowest BCUT2D eigenvalue weighted by Gasteiger charge is -2.17. The monoisotopic (exact) mass is 404 g/mol. The highest BCUT2D eigenvalue weighted by Gasteiger charge is 2.13. The summed E-state index contributed by atoms with van der Waals surface area (Å²) in [5.74, 6) is 2.12. The summed E-state index contributed by atoms with van der Waals surface area (Å²) in [7, 11) is 0. The minimum atomic E-state index is 0.348. The average molecular weight is 405 g/mol. The van der Waals surface area contributed by atoms with E-state index in [1.54, 1.807) is 4.68 Å². The summed E-state index contributed by atoms with van der Waals surface area (Å²) >= 11 is 11.5. The summed E-state index contributed by atoms with van der Waals surface area (Å²) in [6, 6.07) is 13.4. The van der Waals surface area contributed by atoms with Gasteiger partial charge in [-0.05, 0) is 38.2 Å². The fourth-order valence-corrected chi connectivity index (χ4v) is 3.06. The molecule has 0 aliphatic heterocycles. The Hall–Kier alpha value is -2.51. The van der Waals surface area contributed by atoms with Gasteiger partial charge in [0.2, 0.25) is 4.77 Å². The van der Waals surface area contributed by atoms with Crippen LogP contribution < -0.4 is 14.9 Å². The molecule has 8 heteroatoms. The molecule has 6 nitrogen and oxygen atoms in total. The number of nitrogens with zero attached hydrogens (tertiary/aromatic N) is 2. The Balaban J connectivity index is 1.83. The lowest BCUT2D eigenvalue weighted by Crippen LogP contribution is -2.17. The number of hydrogen-bond donors (Lipinski definition) is 2. The predicted molar refractivity (Wildman–Crippen MR) is 109 cm³/mol. The van der Waals surface area contributed by atoms with E-state index in [9.17, 15) is 0 Å². The van der Waals surface area contributed by atoms with Crippen molar-refractivity contribution in [3.8, 4) is 11.5 Å². The van der Waals surface area contributed by atoms with Crippen LogP contribution in [0.2, 0.25) is 5.02 Å². The van der Waals surface area contributed by atoms with Crippen LogP contribution in [0.15, 0.2) is 42.5 Å². The molecule has 27 heavy (non-hydrogen) atoms. The van der Waals surface area contributed by atoms with Crippen LogP contribution in [0.3, 0.4) is 0 Å². The Bertz CT molecular complexity index is 970. The molecule has 0 saturated heterocycles. The number of para-hydroxylation sites is 1. The molecule has 1 aromatic heterocycles. The zero-order chi connectivity index (χ0) is 19.2. The third-order valence-corrected chi connectivity index (χ3v) is 4.60. The highest BCUT2D eigenvalue weighted by molar-refractivity contribution is 7.71. The van der Waals surface area contributed by atoms with Gasteiger partial charge in [-0.15, -0.1) is 0 Å². The van der Waals surface area contributed by atoms with Crippen molar-refractivity contribution in [2.75, 3.05) is 12.0 Å².